The van der Waals surface area contributed by atoms with Gasteiger partial charge < -0.3 is 0 Å². The summed E-state index contributed by atoms with van der Waals surface area (Å²) in [7, 11) is 0. The molecule has 0 bridgehead atoms. The highest BCUT2D eigenvalue weighted by Gasteiger charge is 2.32. The molecule has 0 atom stereocenters. The Labute approximate surface area is 105 Å². The van der Waals surface area contributed by atoms with Crippen molar-refractivity contribution in [3.63, 3.8) is 0 Å². The highest BCUT2D eigenvalue weighted by atomic mass is 19.4. The lowest BCUT2D eigenvalue weighted by atomic mass is 10.1. The molecular formula is C12H7F3N4. The number of H-pyrrole nitrogens is 1. The normalized spacial score (nSPS) is 11.9. The molecule has 0 unspecified atom stereocenters. The zero-order valence-electron chi connectivity index (χ0n) is 9.44. The smallest absolute Gasteiger partial charge is 0.276 e. The third-order valence-corrected chi connectivity index (χ3v) is 2.67. The maximum absolute atomic E-state index is 12.6. The van der Waals surface area contributed by atoms with Gasteiger partial charge in [0.1, 0.15) is 11.2 Å². The molecule has 96 valence electrons. The molecule has 0 spiro atoms. The molecule has 3 aromatic rings. The summed E-state index contributed by atoms with van der Waals surface area (Å²) in [6, 6.07) is 4.21. The van der Waals surface area contributed by atoms with E-state index in [4.69, 9.17) is 0 Å². The maximum atomic E-state index is 12.6. The van der Waals surface area contributed by atoms with E-state index in [9.17, 15) is 13.2 Å². The molecule has 3 rings (SSSR count). The van der Waals surface area contributed by atoms with Crippen LogP contribution in [0.25, 0.3) is 22.2 Å². The fourth-order valence-electron chi connectivity index (χ4n) is 1.75. The molecule has 7 heteroatoms. The molecule has 0 saturated carbocycles. The van der Waals surface area contributed by atoms with Crippen molar-refractivity contribution in [2.24, 2.45) is 0 Å². The Hall–Kier alpha value is -2.44. The van der Waals surface area contributed by atoms with Gasteiger partial charge in [0.2, 0.25) is 0 Å². The van der Waals surface area contributed by atoms with Crippen molar-refractivity contribution in [3.05, 3.63) is 42.5 Å². The van der Waals surface area contributed by atoms with Gasteiger partial charge in [-0.15, -0.1) is 0 Å². The van der Waals surface area contributed by atoms with Crippen molar-refractivity contribution in [2.45, 2.75) is 6.18 Å². The first-order valence-electron chi connectivity index (χ1n) is 5.37. The summed E-state index contributed by atoms with van der Waals surface area (Å²) in [5.74, 6) is 0. The molecule has 0 saturated heterocycles. The van der Waals surface area contributed by atoms with Crippen LogP contribution in [0.4, 0.5) is 13.2 Å². The number of hydrogen-bond donors (Lipinski definition) is 1. The molecular weight excluding hydrogens is 257 g/mol. The Morgan fingerprint density at radius 3 is 2.63 bits per heavy atom. The number of hydrogen-bond acceptors (Lipinski definition) is 3. The molecule has 19 heavy (non-hydrogen) atoms. The van der Waals surface area contributed by atoms with Gasteiger partial charge in [0.25, 0.3) is 0 Å². The topological polar surface area (TPSA) is 54.5 Å². The molecule has 3 heterocycles. The van der Waals surface area contributed by atoms with Crippen molar-refractivity contribution < 1.29 is 13.2 Å². The lowest BCUT2D eigenvalue weighted by Crippen LogP contribution is -2.07. The number of halogens is 3. The van der Waals surface area contributed by atoms with Gasteiger partial charge in [-0.25, -0.2) is 0 Å². The number of nitrogens with one attached hydrogen (secondary N) is 1. The molecule has 0 aliphatic carbocycles. The standard InChI is InChI=1S/C12H7F3N4/c13-12(14,15)11-4-7(1-2-16-11)8-3-9-10(17-5-8)6-18-19-9/h1-6H,(H,18,19). The van der Waals surface area contributed by atoms with Crippen LogP contribution in [0, 0.1) is 0 Å². The second kappa shape index (κ2) is 4.04. The van der Waals surface area contributed by atoms with Crippen molar-refractivity contribution >= 4 is 11.0 Å². The van der Waals surface area contributed by atoms with Crippen LogP contribution in [0.5, 0.6) is 0 Å². The van der Waals surface area contributed by atoms with Crippen LogP contribution in [-0.4, -0.2) is 20.2 Å². The molecule has 4 nitrogen and oxygen atoms in total. The fourth-order valence-corrected chi connectivity index (χ4v) is 1.75. The number of nitrogens with zero attached hydrogens (tertiary/aromatic N) is 3. The molecule has 0 fully saturated rings. The van der Waals surface area contributed by atoms with E-state index in [0.717, 1.165) is 12.3 Å². The Bertz CT molecular complexity index is 733. The predicted molar refractivity (Wildman–Crippen MR) is 62.1 cm³/mol. The largest absolute Gasteiger partial charge is 0.433 e. The van der Waals surface area contributed by atoms with Gasteiger partial charge in [0.15, 0.2) is 0 Å². The van der Waals surface area contributed by atoms with Crippen LogP contribution < -0.4 is 0 Å². The summed E-state index contributed by atoms with van der Waals surface area (Å²) in [5.41, 5.74) is 1.39. The van der Waals surface area contributed by atoms with Gasteiger partial charge >= 0.3 is 6.18 Å². The summed E-state index contributed by atoms with van der Waals surface area (Å²) >= 11 is 0. The first-order chi connectivity index (χ1) is 9.04. The van der Waals surface area contributed by atoms with Gasteiger partial charge in [0, 0.05) is 18.0 Å². The summed E-state index contributed by atoms with van der Waals surface area (Å²) in [6.07, 6.45) is -0.267. The third kappa shape index (κ3) is 2.14. The second-order valence-corrected chi connectivity index (χ2v) is 3.95. The first kappa shape index (κ1) is 11.6. The molecule has 3 aromatic heterocycles. The molecule has 1 N–H and O–H groups in total. The Morgan fingerprint density at radius 1 is 1.00 bits per heavy atom. The minimum Gasteiger partial charge on any atom is -0.276 e. The van der Waals surface area contributed by atoms with E-state index < -0.39 is 11.9 Å². The van der Waals surface area contributed by atoms with E-state index in [2.05, 4.69) is 20.2 Å². The monoisotopic (exact) mass is 264 g/mol. The average molecular weight is 264 g/mol. The summed E-state index contributed by atoms with van der Waals surface area (Å²) in [4.78, 5) is 7.44. The summed E-state index contributed by atoms with van der Waals surface area (Å²) in [6.45, 7) is 0. The summed E-state index contributed by atoms with van der Waals surface area (Å²) in [5, 5.41) is 6.54. The van der Waals surface area contributed by atoms with E-state index >= 15 is 0 Å². The Morgan fingerprint density at radius 2 is 1.84 bits per heavy atom. The highest BCUT2D eigenvalue weighted by molar-refractivity contribution is 5.79. The minimum absolute atomic E-state index is 0.409. The zero-order chi connectivity index (χ0) is 13.5. The van der Waals surface area contributed by atoms with Crippen LogP contribution in [0.15, 0.2) is 36.8 Å². The van der Waals surface area contributed by atoms with E-state index in [1.165, 1.54) is 12.3 Å². The molecule has 0 aliphatic heterocycles. The van der Waals surface area contributed by atoms with Crippen LogP contribution in [0.2, 0.25) is 0 Å². The van der Waals surface area contributed by atoms with Gasteiger partial charge in [-0.2, -0.15) is 18.3 Å². The number of pyridine rings is 2. The van der Waals surface area contributed by atoms with Gasteiger partial charge in [-0.3, -0.25) is 15.1 Å². The molecule has 0 aliphatic rings. The van der Waals surface area contributed by atoms with Gasteiger partial charge in [-0.05, 0) is 23.8 Å². The molecule has 0 radical (unpaired) electrons. The zero-order valence-corrected chi connectivity index (χ0v) is 9.44. The fraction of sp³-hybridized carbons (Fsp3) is 0.0833. The molecule has 0 aromatic carbocycles. The molecule has 0 amide bonds. The number of aromatic nitrogens is 4. The minimum atomic E-state index is -4.46. The quantitative estimate of drug-likeness (QED) is 0.735. The predicted octanol–water partition coefficient (Wildman–Crippen LogP) is 3.04. The SMILES string of the molecule is FC(F)(F)c1cc(-c2cnc3cn[nH]c3c2)ccn1. The van der Waals surface area contributed by atoms with Crippen LogP contribution in [0.3, 0.4) is 0 Å². The van der Waals surface area contributed by atoms with E-state index in [0.29, 0.717) is 22.2 Å². The Balaban J connectivity index is 2.10. The first-order valence-corrected chi connectivity index (χ1v) is 5.37. The van der Waals surface area contributed by atoms with Gasteiger partial charge in [0.05, 0.1) is 11.7 Å². The van der Waals surface area contributed by atoms with E-state index in [1.54, 1.807) is 12.3 Å². The maximum Gasteiger partial charge on any atom is 0.433 e. The number of alkyl halides is 3. The van der Waals surface area contributed by atoms with Crippen LogP contribution in [-0.2, 0) is 6.18 Å². The van der Waals surface area contributed by atoms with Crippen molar-refractivity contribution in [2.75, 3.05) is 0 Å². The van der Waals surface area contributed by atoms with Crippen LogP contribution >= 0.6 is 0 Å². The van der Waals surface area contributed by atoms with E-state index in [1.807, 2.05) is 0 Å². The summed E-state index contributed by atoms with van der Waals surface area (Å²) < 4.78 is 37.8. The second-order valence-electron chi connectivity index (χ2n) is 3.95. The Kier molecular flexibility index (Phi) is 2.48. The van der Waals surface area contributed by atoms with E-state index in [-0.39, 0.29) is 0 Å². The lowest BCUT2D eigenvalue weighted by Gasteiger charge is -2.07. The highest BCUT2D eigenvalue weighted by Crippen LogP contribution is 2.30. The third-order valence-electron chi connectivity index (χ3n) is 2.67. The van der Waals surface area contributed by atoms with Gasteiger partial charge in [-0.1, -0.05) is 0 Å². The van der Waals surface area contributed by atoms with Crippen molar-refractivity contribution in [1.82, 2.24) is 20.2 Å². The van der Waals surface area contributed by atoms with Crippen LogP contribution in [0.1, 0.15) is 5.69 Å². The number of aromatic amines is 1. The lowest BCUT2D eigenvalue weighted by molar-refractivity contribution is -0.141. The average Bonchev–Trinajstić information content (AvgIpc) is 2.85. The number of rotatable bonds is 1. The van der Waals surface area contributed by atoms with Crippen molar-refractivity contribution in [3.8, 4) is 11.1 Å². The van der Waals surface area contributed by atoms with Crippen molar-refractivity contribution in [1.29, 1.82) is 0 Å². The number of fused-ring (bicyclic) bond motifs is 1.